The fraction of sp³-hybridized carbons (Fsp3) is 0.303. The Morgan fingerprint density at radius 3 is 1.73 bits per heavy atom. The second kappa shape index (κ2) is 31.0. The van der Waals surface area contributed by atoms with E-state index in [0.29, 0.717) is 43.8 Å². The molecule has 5 heterocycles. The van der Waals surface area contributed by atoms with Gasteiger partial charge in [0, 0.05) is 40.2 Å². The summed E-state index contributed by atoms with van der Waals surface area (Å²) in [4.78, 5) is 68.8. The average Bonchev–Trinajstić information content (AvgIpc) is 0.999. The lowest BCUT2D eigenvalue weighted by atomic mass is 9.80. The lowest BCUT2D eigenvalue weighted by Crippen LogP contribution is -2.38. The van der Waals surface area contributed by atoms with E-state index >= 15 is 4.57 Å². The van der Waals surface area contributed by atoms with Crippen LogP contribution in [0.1, 0.15) is 78.7 Å². The first kappa shape index (κ1) is 68.8. The highest BCUT2D eigenvalue weighted by atomic mass is 35.5. The van der Waals surface area contributed by atoms with Crippen molar-refractivity contribution in [2.45, 2.75) is 83.0 Å². The maximum absolute atomic E-state index is 15.9. The van der Waals surface area contributed by atoms with Crippen LogP contribution < -0.4 is 35.1 Å². The third-order valence-corrected chi connectivity index (χ3v) is 18.6. The molecule has 8 atom stereocenters. The molecule has 2 saturated heterocycles. The molecule has 6 aromatic carbocycles. The average molecular weight is 1360 g/mol. The van der Waals surface area contributed by atoms with Crippen molar-refractivity contribution in [2.75, 3.05) is 52.4 Å². The van der Waals surface area contributed by atoms with Gasteiger partial charge in [-0.15, -0.1) is 0 Å². The van der Waals surface area contributed by atoms with Gasteiger partial charge in [-0.1, -0.05) is 117 Å². The minimum atomic E-state index is -5.04. The zero-order valence-electron chi connectivity index (χ0n) is 52.1. The fourth-order valence-electron chi connectivity index (χ4n) is 10.8. The van der Waals surface area contributed by atoms with Crippen LogP contribution in [0.25, 0.3) is 11.2 Å². The van der Waals surface area contributed by atoms with Crippen LogP contribution >= 0.6 is 38.8 Å². The van der Waals surface area contributed by atoms with E-state index in [-0.39, 0.29) is 53.5 Å². The Morgan fingerprint density at radius 1 is 0.670 bits per heavy atom. The number of hydrogen-bond acceptors (Lipinski definition) is 19. The van der Waals surface area contributed by atoms with E-state index in [2.05, 4.69) is 50.9 Å². The highest BCUT2D eigenvalue weighted by Gasteiger charge is 2.49. The number of phosphoric ester groups is 2. The first-order valence-corrected chi connectivity index (χ1v) is 33.8. The number of fused-ring (bicyclic) bond motifs is 1. The van der Waals surface area contributed by atoms with Crippen LogP contribution in [0.5, 0.6) is 23.0 Å². The van der Waals surface area contributed by atoms with Crippen LogP contribution in [0.4, 0.5) is 5.82 Å². The summed E-state index contributed by atoms with van der Waals surface area (Å²) in [6, 6.07) is 44.1. The van der Waals surface area contributed by atoms with E-state index in [1.165, 1.54) is 103 Å². The maximum Gasteiger partial charge on any atom is 0.530 e. The lowest BCUT2D eigenvalue weighted by molar-refractivity contribution is -0.0948. The van der Waals surface area contributed by atoms with Gasteiger partial charge in [0.25, 0.3) is 11.5 Å². The minimum Gasteiger partial charge on any atom is -0.497 e. The predicted octanol–water partition coefficient (Wildman–Crippen LogP) is 12.3. The van der Waals surface area contributed by atoms with Crippen molar-refractivity contribution in [3.8, 4) is 23.0 Å². The maximum atomic E-state index is 15.9. The number of halogens is 2. The van der Waals surface area contributed by atoms with Crippen molar-refractivity contribution in [3.05, 3.63) is 235 Å². The Kier molecular flexibility index (Phi) is 22.7. The zero-order valence-corrected chi connectivity index (χ0v) is 55.4. The Bertz CT molecular complexity index is 4160. The summed E-state index contributed by atoms with van der Waals surface area (Å²) in [6.07, 6.45) is -3.96. The number of anilines is 1. The Balaban J connectivity index is 0.00000130. The smallest absolute Gasteiger partial charge is 0.497 e. The molecule has 0 bridgehead atoms. The molecule has 2 aliphatic heterocycles. The zero-order chi connectivity index (χ0) is 66.6. The van der Waals surface area contributed by atoms with E-state index in [0.717, 1.165) is 0 Å². The van der Waals surface area contributed by atoms with Crippen LogP contribution in [0.2, 0.25) is 10.0 Å². The molecule has 0 saturated carbocycles. The summed E-state index contributed by atoms with van der Waals surface area (Å²) in [5.74, 6) is 0.731. The van der Waals surface area contributed by atoms with Gasteiger partial charge in [0.15, 0.2) is 17.0 Å². The molecule has 2 aliphatic rings. The third-order valence-electron chi connectivity index (χ3n) is 15.7. The quantitative estimate of drug-likeness (QED) is 0.0335. The number of phosphoric acid groups is 2. The number of nitrogens with zero attached hydrogens (tertiary/aromatic N) is 6. The van der Waals surface area contributed by atoms with Gasteiger partial charge < -0.3 is 42.9 Å². The molecular formula is C66H70Cl2N8O16P2. The number of ether oxygens (including phenoxy) is 5. The molecule has 11 rings (SSSR count). The molecular weight excluding hydrogens is 1290 g/mol. The summed E-state index contributed by atoms with van der Waals surface area (Å²) < 4.78 is 94.6. The van der Waals surface area contributed by atoms with Gasteiger partial charge in [-0.25, -0.2) is 28.9 Å². The van der Waals surface area contributed by atoms with Crippen LogP contribution in [0, 0.1) is 6.92 Å². The number of benzene rings is 6. The molecule has 28 heteroatoms. The molecule has 0 spiro atoms. The number of imidazole rings is 1. The van der Waals surface area contributed by atoms with E-state index in [4.69, 9.17) is 69.5 Å². The summed E-state index contributed by atoms with van der Waals surface area (Å²) in [5.41, 5.74) is 0.159. The minimum absolute atomic E-state index is 0.0189. The standard InChI is InChI=1S/C60H55Cl2N7O16P2.C6H15N/c1-37-32-68(59(72)67-57(37)70)52-31-49(50(80-52)33-78-60(39-12-8-5-9-13-39,40-14-22-44(76-2)23-15-40)41-16-24-45(77-3)25-17-41)85-87(75,83-47-28-20-43(62)21-29-47)79-34-51-48(84-86(73,74)82-46-26-18-42(61)19-27-46)30-53(81-51)69-36-65-54-55(63-35-64-56(54)69)66-58(71)38-10-6-4-7-11-38;1-4-7(5-2)6-3/h4-29,32,35-36,48-53H,30-31,33-34H2,1-3H3,(H,73,74)(H,67,70,72)(H,63,64,66,71);4-6H2,1-3H3/t48-,49-,50+,51+,52+,53+,87?;/m0./s1. The van der Waals surface area contributed by atoms with Gasteiger partial charge in [0.1, 0.15) is 71.8 Å². The molecule has 0 aliphatic carbocycles. The van der Waals surface area contributed by atoms with Crippen molar-refractivity contribution >= 4 is 61.7 Å². The summed E-state index contributed by atoms with van der Waals surface area (Å²) in [7, 11) is -6.96. The Labute approximate surface area is 551 Å². The number of carbonyl (C=O) groups excluding carboxylic acids is 1. The van der Waals surface area contributed by atoms with E-state index < -0.39 is 81.9 Å². The van der Waals surface area contributed by atoms with Gasteiger partial charge in [-0.05, 0) is 128 Å². The first-order valence-electron chi connectivity index (χ1n) is 30.1. The number of aryl methyl sites for hydroxylation is 1. The first-order chi connectivity index (χ1) is 45.3. The normalized spacial score (nSPS) is 19.2. The predicted molar refractivity (Wildman–Crippen MR) is 352 cm³/mol. The molecule has 3 N–H and O–H groups in total. The van der Waals surface area contributed by atoms with Gasteiger partial charge in [0.05, 0.1) is 33.8 Å². The van der Waals surface area contributed by atoms with Crippen molar-refractivity contribution < 1.29 is 65.1 Å². The Hall–Kier alpha value is -8.06. The topological polar surface area (TPSA) is 277 Å². The second-order valence-corrected chi connectivity index (χ2v) is 25.3. The summed E-state index contributed by atoms with van der Waals surface area (Å²) >= 11 is 12.4. The lowest BCUT2D eigenvalue weighted by Gasteiger charge is -2.37. The molecule has 9 aromatic rings. The van der Waals surface area contributed by atoms with Crippen LogP contribution in [-0.4, -0.2) is 116 Å². The highest BCUT2D eigenvalue weighted by molar-refractivity contribution is 7.49. The SMILES string of the molecule is CCN(CC)CC.COc1ccc(C(OC[C@H]2O[C@@H](n3cc(C)c(=O)[nH]c3=O)C[C@@H]2OP(=O)(OC[C@H]2O[C@@H](n3cnc4c(NC(=O)c5ccccc5)ncnc43)C[C@@H]2OP(=O)(O)Oc2ccc(Cl)cc2)Oc2ccc(Cl)cc2)(c2ccccc2)c2ccc(OC)cc2)cc1. The number of aromatic amines is 1. The second-order valence-electron chi connectivity index (χ2n) is 21.6. The number of nitrogens with one attached hydrogen (secondary N) is 2. The molecule has 94 heavy (non-hydrogen) atoms. The number of hydrogen-bond donors (Lipinski definition) is 3. The monoisotopic (exact) mass is 1360 g/mol. The van der Waals surface area contributed by atoms with Crippen molar-refractivity contribution in [3.63, 3.8) is 0 Å². The number of carbonyl (C=O) groups is 1. The molecule has 2 unspecified atom stereocenters. The van der Waals surface area contributed by atoms with Crippen molar-refractivity contribution in [2.24, 2.45) is 0 Å². The van der Waals surface area contributed by atoms with Crippen molar-refractivity contribution in [1.82, 2.24) is 34.0 Å². The molecule has 494 valence electrons. The number of methoxy groups -OCH3 is 2. The number of H-pyrrole nitrogens is 1. The van der Waals surface area contributed by atoms with E-state index in [9.17, 15) is 23.8 Å². The summed E-state index contributed by atoms with van der Waals surface area (Å²) in [6.45, 7) is 10.6. The van der Waals surface area contributed by atoms with Crippen LogP contribution in [0.15, 0.2) is 186 Å². The van der Waals surface area contributed by atoms with Crippen LogP contribution in [0.3, 0.4) is 0 Å². The van der Waals surface area contributed by atoms with E-state index in [1.807, 2.05) is 54.6 Å². The van der Waals surface area contributed by atoms with Gasteiger partial charge in [-0.3, -0.25) is 42.2 Å². The molecule has 1 amide bonds. The molecule has 2 fully saturated rings. The number of rotatable bonds is 26. The van der Waals surface area contributed by atoms with Gasteiger partial charge in [0.2, 0.25) is 0 Å². The van der Waals surface area contributed by atoms with E-state index in [1.54, 1.807) is 68.8 Å². The van der Waals surface area contributed by atoms with Gasteiger partial charge in [-0.2, -0.15) is 0 Å². The number of amides is 1. The van der Waals surface area contributed by atoms with Gasteiger partial charge >= 0.3 is 21.3 Å². The molecule has 24 nitrogen and oxygen atoms in total. The van der Waals surface area contributed by atoms with Crippen molar-refractivity contribution in [1.29, 1.82) is 0 Å². The number of aromatic nitrogens is 6. The summed E-state index contributed by atoms with van der Waals surface area (Å²) in [5, 5.41) is 3.43. The van der Waals surface area contributed by atoms with Crippen LogP contribution in [-0.2, 0) is 42.5 Å². The highest BCUT2D eigenvalue weighted by Crippen LogP contribution is 2.55. The third kappa shape index (κ3) is 16.5. The molecule has 3 aromatic heterocycles. The fourth-order valence-corrected chi connectivity index (χ4v) is 13.5. The largest absolute Gasteiger partial charge is 0.530 e. The Morgan fingerprint density at radius 2 is 1.18 bits per heavy atom. The molecule has 0 radical (unpaired) electrons.